The topological polar surface area (TPSA) is 71.7 Å². The van der Waals surface area contributed by atoms with Gasteiger partial charge in [0.15, 0.2) is 0 Å². The van der Waals surface area contributed by atoms with Crippen LogP contribution in [0.5, 0.6) is 0 Å². The standard InChI is InChI=1S/C31H32ClN5O/c1-20(2)27(37-19-31(3,4)35-28(37)23-12-10-21(17-33)11-13-23)29-34-26-16-24(32)14-15-25(26)30(38)36(29)18-22-8-6-5-7-9-22/h5-16,20,27,29,34H,18-19H2,1-4H3. The van der Waals surface area contributed by atoms with Crippen LogP contribution in [-0.2, 0) is 6.54 Å². The van der Waals surface area contributed by atoms with Gasteiger partial charge in [-0.05, 0) is 67.8 Å². The number of hydrogen-bond acceptors (Lipinski definition) is 5. The van der Waals surface area contributed by atoms with Crippen molar-refractivity contribution in [2.24, 2.45) is 10.9 Å². The molecule has 0 aromatic heterocycles. The van der Waals surface area contributed by atoms with Gasteiger partial charge in [-0.15, -0.1) is 0 Å². The number of nitrogens with one attached hydrogen (secondary N) is 1. The van der Waals surface area contributed by atoms with Crippen molar-refractivity contribution in [2.45, 2.75) is 52.0 Å². The third-order valence-electron chi connectivity index (χ3n) is 7.18. The Morgan fingerprint density at radius 1 is 1.11 bits per heavy atom. The van der Waals surface area contributed by atoms with Gasteiger partial charge < -0.3 is 15.1 Å². The lowest BCUT2D eigenvalue weighted by Gasteiger charge is -2.47. The Bertz CT molecular complexity index is 1410. The summed E-state index contributed by atoms with van der Waals surface area (Å²) in [5.41, 5.74) is 3.70. The number of halogens is 1. The lowest BCUT2D eigenvalue weighted by atomic mass is 9.93. The van der Waals surface area contributed by atoms with Crippen LogP contribution in [0.4, 0.5) is 5.69 Å². The zero-order valence-corrected chi connectivity index (χ0v) is 22.9. The van der Waals surface area contributed by atoms with E-state index in [4.69, 9.17) is 16.6 Å². The highest BCUT2D eigenvalue weighted by atomic mass is 35.5. The molecule has 2 unspecified atom stereocenters. The summed E-state index contributed by atoms with van der Waals surface area (Å²) >= 11 is 6.36. The van der Waals surface area contributed by atoms with Gasteiger partial charge in [-0.25, -0.2) is 0 Å². The molecule has 5 rings (SSSR count). The van der Waals surface area contributed by atoms with Crippen molar-refractivity contribution >= 4 is 29.0 Å². The molecule has 38 heavy (non-hydrogen) atoms. The second-order valence-corrected chi connectivity index (χ2v) is 11.4. The van der Waals surface area contributed by atoms with E-state index in [2.05, 4.69) is 56.1 Å². The summed E-state index contributed by atoms with van der Waals surface area (Å²) in [5.74, 6) is 1.03. The summed E-state index contributed by atoms with van der Waals surface area (Å²) in [4.78, 5) is 23.4. The van der Waals surface area contributed by atoms with Gasteiger partial charge in [0.25, 0.3) is 5.91 Å². The molecule has 3 aromatic rings. The minimum atomic E-state index is -0.328. The van der Waals surface area contributed by atoms with Crippen LogP contribution < -0.4 is 5.32 Å². The van der Waals surface area contributed by atoms with E-state index >= 15 is 0 Å². The number of carbonyl (C=O) groups excluding carboxylic acids is 1. The highest BCUT2D eigenvalue weighted by molar-refractivity contribution is 6.31. The summed E-state index contributed by atoms with van der Waals surface area (Å²) < 4.78 is 0. The van der Waals surface area contributed by atoms with E-state index in [0.717, 1.165) is 22.6 Å². The number of fused-ring (bicyclic) bond motifs is 1. The first-order chi connectivity index (χ1) is 18.2. The van der Waals surface area contributed by atoms with Crippen LogP contribution in [0.15, 0.2) is 77.8 Å². The molecule has 0 saturated heterocycles. The van der Waals surface area contributed by atoms with Crippen LogP contribution in [0.1, 0.15) is 54.7 Å². The Morgan fingerprint density at radius 2 is 1.82 bits per heavy atom. The molecule has 3 aromatic carbocycles. The number of nitriles is 1. The number of benzene rings is 3. The molecular weight excluding hydrogens is 494 g/mol. The molecule has 2 aliphatic rings. The van der Waals surface area contributed by atoms with Crippen LogP contribution in [0.2, 0.25) is 5.02 Å². The van der Waals surface area contributed by atoms with Gasteiger partial charge in [0.05, 0.1) is 34.5 Å². The van der Waals surface area contributed by atoms with E-state index in [-0.39, 0.29) is 29.6 Å². The number of anilines is 1. The second-order valence-electron chi connectivity index (χ2n) is 11.0. The maximum atomic E-state index is 14.0. The molecule has 1 amide bonds. The Hall–Kier alpha value is -3.82. The molecule has 0 saturated carbocycles. The predicted octanol–water partition coefficient (Wildman–Crippen LogP) is 6.17. The van der Waals surface area contributed by atoms with E-state index in [9.17, 15) is 10.1 Å². The number of carbonyl (C=O) groups is 1. The van der Waals surface area contributed by atoms with Gasteiger partial charge in [-0.1, -0.05) is 55.8 Å². The van der Waals surface area contributed by atoms with Gasteiger partial charge in [-0.3, -0.25) is 9.79 Å². The summed E-state index contributed by atoms with van der Waals surface area (Å²) in [6.07, 6.45) is -0.328. The molecule has 0 aliphatic carbocycles. The average Bonchev–Trinajstić information content (AvgIpc) is 3.21. The van der Waals surface area contributed by atoms with Gasteiger partial charge in [0, 0.05) is 23.7 Å². The Kier molecular flexibility index (Phi) is 6.90. The summed E-state index contributed by atoms with van der Waals surface area (Å²) in [6.45, 7) is 9.82. The van der Waals surface area contributed by atoms with Gasteiger partial charge in [-0.2, -0.15) is 5.26 Å². The smallest absolute Gasteiger partial charge is 0.257 e. The second kappa shape index (κ2) is 10.2. The molecular formula is C31H32ClN5O. The van der Waals surface area contributed by atoms with Crippen molar-refractivity contribution in [3.8, 4) is 6.07 Å². The van der Waals surface area contributed by atoms with Gasteiger partial charge >= 0.3 is 0 Å². The van der Waals surface area contributed by atoms with Crippen molar-refractivity contribution in [1.29, 1.82) is 5.26 Å². The van der Waals surface area contributed by atoms with Crippen LogP contribution in [0.25, 0.3) is 0 Å². The van der Waals surface area contributed by atoms with E-state index in [1.165, 1.54) is 0 Å². The molecule has 7 heteroatoms. The molecule has 0 spiro atoms. The molecule has 2 aliphatic heterocycles. The first-order valence-corrected chi connectivity index (χ1v) is 13.3. The number of nitrogens with zero attached hydrogens (tertiary/aromatic N) is 4. The molecule has 1 N–H and O–H groups in total. The van der Waals surface area contributed by atoms with Crippen molar-refractivity contribution in [1.82, 2.24) is 9.80 Å². The largest absolute Gasteiger partial charge is 0.363 e. The van der Waals surface area contributed by atoms with Crippen molar-refractivity contribution in [3.05, 3.63) is 100 Å². The molecule has 2 heterocycles. The molecule has 2 atom stereocenters. The van der Waals surface area contributed by atoms with E-state index in [1.54, 1.807) is 12.1 Å². The highest BCUT2D eigenvalue weighted by Gasteiger charge is 2.45. The van der Waals surface area contributed by atoms with Gasteiger partial charge in [0.2, 0.25) is 0 Å². The Labute approximate surface area is 229 Å². The van der Waals surface area contributed by atoms with Gasteiger partial charge in [0.1, 0.15) is 12.0 Å². The van der Waals surface area contributed by atoms with E-state index < -0.39 is 0 Å². The SMILES string of the molecule is CC(C)C(C1Nc2cc(Cl)ccc2C(=O)N1Cc1ccccc1)N1CC(C)(C)N=C1c1ccc(C#N)cc1. The maximum Gasteiger partial charge on any atom is 0.257 e. The maximum absolute atomic E-state index is 14.0. The van der Waals surface area contributed by atoms with Crippen molar-refractivity contribution < 1.29 is 4.79 Å². The average molecular weight is 526 g/mol. The Balaban J connectivity index is 1.59. The van der Waals surface area contributed by atoms with Crippen LogP contribution in [-0.4, -0.2) is 45.8 Å². The van der Waals surface area contributed by atoms with Crippen molar-refractivity contribution in [3.63, 3.8) is 0 Å². The summed E-state index contributed by atoms with van der Waals surface area (Å²) in [7, 11) is 0. The molecule has 194 valence electrons. The zero-order valence-electron chi connectivity index (χ0n) is 22.1. The number of aliphatic imine (C=N–C) groups is 1. The van der Waals surface area contributed by atoms with E-state index in [0.29, 0.717) is 29.2 Å². The molecule has 6 nitrogen and oxygen atoms in total. The third kappa shape index (κ3) is 4.99. The first kappa shape index (κ1) is 25.8. The zero-order chi connectivity index (χ0) is 27.0. The number of rotatable bonds is 6. The lowest BCUT2D eigenvalue weighted by molar-refractivity contribution is 0.0517. The van der Waals surface area contributed by atoms with Crippen LogP contribution in [0.3, 0.4) is 0 Å². The Morgan fingerprint density at radius 3 is 2.47 bits per heavy atom. The van der Waals surface area contributed by atoms with Crippen LogP contribution in [0, 0.1) is 17.2 Å². The molecule has 0 fully saturated rings. The quantitative estimate of drug-likeness (QED) is 0.417. The number of amidine groups is 1. The number of hydrogen-bond donors (Lipinski definition) is 1. The third-order valence-corrected chi connectivity index (χ3v) is 7.42. The predicted molar refractivity (Wildman–Crippen MR) is 152 cm³/mol. The first-order valence-electron chi connectivity index (χ1n) is 12.9. The fourth-order valence-corrected chi connectivity index (χ4v) is 5.68. The van der Waals surface area contributed by atoms with Crippen LogP contribution >= 0.6 is 11.6 Å². The normalized spacial score (nSPS) is 19.0. The molecule has 0 bridgehead atoms. The summed E-state index contributed by atoms with van der Waals surface area (Å²) in [5, 5.41) is 13.6. The number of amides is 1. The lowest BCUT2D eigenvalue weighted by Crippen LogP contribution is -2.62. The fraction of sp³-hybridized carbons (Fsp3) is 0.323. The van der Waals surface area contributed by atoms with E-state index in [1.807, 2.05) is 53.4 Å². The fourth-order valence-electron chi connectivity index (χ4n) is 5.50. The summed E-state index contributed by atoms with van der Waals surface area (Å²) in [6, 6.07) is 25.2. The minimum Gasteiger partial charge on any atom is -0.363 e. The molecule has 0 radical (unpaired) electrons. The highest BCUT2D eigenvalue weighted by Crippen LogP contribution is 2.36. The van der Waals surface area contributed by atoms with Crippen molar-refractivity contribution in [2.75, 3.05) is 11.9 Å². The minimum absolute atomic E-state index is 0.0229. The monoisotopic (exact) mass is 525 g/mol.